The first-order valence-electron chi connectivity index (χ1n) is 8.89. The molecule has 130 valence electrons. The van der Waals surface area contributed by atoms with Gasteiger partial charge in [-0.15, -0.1) is 0 Å². The molecular weight excluding hydrogens is 314 g/mol. The summed E-state index contributed by atoms with van der Waals surface area (Å²) in [5, 5.41) is 4.16. The minimum absolute atomic E-state index is 0.0662. The monoisotopic (exact) mass is 337 g/mol. The predicted molar refractivity (Wildman–Crippen MR) is 96.0 cm³/mol. The highest BCUT2D eigenvalue weighted by Crippen LogP contribution is 2.33. The molecule has 1 atom stereocenters. The SMILES string of the molecule is CCn1c(C2CCCN2C(=O)Cc2cnn(C)c2)nc2ccccc21. The fourth-order valence-corrected chi connectivity index (χ4v) is 3.85. The third kappa shape index (κ3) is 2.81. The summed E-state index contributed by atoms with van der Waals surface area (Å²) in [4.78, 5) is 19.7. The number of likely N-dealkylation sites (tertiary alicyclic amines) is 1. The van der Waals surface area contributed by atoms with E-state index >= 15 is 0 Å². The first kappa shape index (κ1) is 15.9. The van der Waals surface area contributed by atoms with Gasteiger partial charge in [-0.25, -0.2) is 4.98 Å². The highest BCUT2D eigenvalue weighted by molar-refractivity contribution is 5.80. The third-order valence-corrected chi connectivity index (χ3v) is 4.99. The summed E-state index contributed by atoms with van der Waals surface area (Å²) >= 11 is 0. The molecule has 1 aliphatic heterocycles. The number of carbonyl (C=O) groups is 1. The van der Waals surface area contributed by atoms with Crippen LogP contribution in [-0.2, 0) is 24.8 Å². The van der Waals surface area contributed by atoms with Crippen LogP contribution in [-0.4, -0.2) is 36.7 Å². The van der Waals surface area contributed by atoms with Crippen LogP contribution in [0, 0.1) is 0 Å². The molecule has 1 saturated heterocycles. The number of fused-ring (bicyclic) bond motifs is 1. The Kier molecular flexibility index (Phi) is 4.03. The van der Waals surface area contributed by atoms with Crippen molar-refractivity contribution < 1.29 is 4.79 Å². The van der Waals surface area contributed by atoms with E-state index in [1.165, 1.54) is 0 Å². The molecule has 1 amide bonds. The standard InChI is InChI=1S/C19H23N5O/c1-3-23-16-8-5-4-7-15(16)21-19(23)17-9-6-10-24(17)18(25)11-14-12-20-22(2)13-14/h4-5,7-8,12-13,17H,3,6,9-11H2,1-2H3. The van der Waals surface area contributed by atoms with Crippen LogP contribution >= 0.6 is 0 Å². The molecule has 4 rings (SSSR count). The molecule has 1 unspecified atom stereocenters. The Morgan fingerprint density at radius 1 is 1.32 bits per heavy atom. The van der Waals surface area contributed by atoms with Crippen LogP contribution in [0.2, 0.25) is 0 Å². The van der Waals surface area contributed by atoms with Gasteiger partial charge in [0.2, 0.25) is 5.91 Å². The van der Waals surface area contributed by atoms with Gasteiger partial charge in [-0.3, -0.25) is 9.48 Å². The van der Waals surface area contributed by atoms with E-state index in [1.54, 1.807) is 10.9 Å². The van der Waals surface area contributed by atoms with E-state index in [2.05, 4.69) is 22.7 Å². The molecule has 6 nitrogen and oxygen atoms in total. The minimum Gasteiger partial charge on any atom is -0.332 e. The highest BCUT2D eigenvalue weighted by atomic mass is 16.2. The molecule has 0 bridgehead atoms. The molecule has 2 aromatic heterocycles. The fourth-order valence-electron chi connectivity index (χ4n) is 3.85. The predicted octanol–water partition coefficient (Wildman–Crippen LogP) is 2.70. The van der Waals surface area contributed by atoms with E-state index < -0.39 is 0 Å². The Balaban J connectivity index is 1.64. The number of nitrogens with zero attached hydrogens (tertiary/aromatic N) is 5. The van der Waals surface area contributed by atoms with E-state index in [1.807, 2.05) is 36.3 Å². The van der Waals surface area contributed by atoms with Crippen LogP contribution < -0.4 is 0 Å². The lowest BCUT2D eigenvalue weighted by atomic mass is 10.2. The van der Waals surface area contributed by atoms with Crippen molar-refractivity contribution in [2.75, 3.05) is 6.54 Å². The number of aromatic nitrogens is 4. The maximum absolute atomic E-state index is 12.9. The molecule has 0 N–H and O–H groups in total. The lowest BCUT2D eigenvalue weighted by Crippen LogP contribution is -2.33. The van der Waals surface area contributed by atoms with Gasteiger partial charge in [0.25, 0.3) is 0 Å². The van der Waals surface area contributed by atoms with Crippen molar-refractivity contribution in [3.8, 4) is 0 Å². The van der Waals surface area contributed by atoms with Gasteiger partial charge in [0, 0.05) is 26.3 Å². The Morgan fingerprint density at radius 3 is 2.92 bits per heavy atom. The summed E-state index contributed by atoms with van der Waals surface area (Å²) in [6.45, 7) is 3.79. The van der Waals surface area contributed by atoms with Crippen LogP contribution in [0.5, 0.6) is 0 Å². The van der Waals surface area contributed by atoms with Gasteiger partial charge >= 0.3 is 0 Å². The first-order valence-corrected chi connectivity index (χ1v) is 8.89. The van der Waals surface area contributed by atoms with Crippen LogP contribution in [0.3, 0.4) is 0 Å². The molecule has 3 heterocycles. The Labute approximate surface area is 147 Å². The lowest BCUT2D eigenvalue weighted by molar-refractivity contribution is -0.131. The Bertz CT molecular complexity index is 910. The number of aryl methyl sites for hydroxylation is 2. The van der Waals surface area contributed by atoms with Crippen LogP contribution in [0.15, 0.2) is 36.7 Å². The van der Waals surface area contributed by atoms with Gasteiger partial charge in [-0.05, 0) is 37.5 Å². The molecule has 0 saturated carbocycles. The number of hydrogen-bond donors (Lipinski definition) is 0. The molecule has 0 radical (unpaired) electrons. The van der Waals surface area contributed by atoms with Gasteiger partial charge in [0.05, 0.1) is 29.7 Å². The number of hydrogen-bond acceptors (Lipinski definition) is 3. The summed E-state index contributed by atoms with van der Waals surface area (Å²) in [5.74, 6) is 1.17. The van der Waals surface area contributed by atoms with Gasteiger partial charge in [0.15, 0.2) is 0 Å². The molecular formula is C19H23N5O. The molecule has 0 spiro atoms. The van der Waals surface area contributed by atoms with E-state index in [-0.39, 0.29) is 11.9 Å². The summed E-state index contributed by atoms with van der Waals surface area (Å²) in [6.07, 6.45) is 6.07. The van der Waals surface area contributed by atoms with E-state index in [9.17, 15) is 4.79 Å². The molecule has 0 aliphatic carbocycles. The van der Waals surface area contributed by atoms with Crippen molar-refractivity contribution in [2.24, 2.45) is 7.05 Å². The number of benzene rings is 1. The molecule has 6 heteroatoms. The maximum Gasteiger partial charge on any atom is 0.227 e. The Hall–Kier alpha value is -2.63. The van der Waals surface area contributed by atoms with Crippen LogP contribution in [0.1, 0.15) is 37.2 Å². The highest BCUT2D eigenvalue weighted by Gasteiger charge is 2.33. The second-order valence-corrected chi connectivity index (χ2v) is 6.65. The summed E-state index contributed by atoms with van der Waals surface area (Å²) in [5.41, 5.74) is 3.11. The van der Waals surface area contributed by atoms with Crippen molar-refractivity contribution >= 4 is 16.9 Å². The maximum atomic E-state index is 12.9. The molecule has 1 aromatic carbocycles. The van der Waals surface area contributed by atoms with Gasteiger partial charge < -0.3 is 9.47 Å². The fraction of sp³-hybridized carbons (Fsp3) is 0.421. The summed E-state index contributed by atoms with van der Waals surface area (Å²) < 4.78 is 3.98. The van der Waals surface area contributed by atoms with E-state index in [0.29, 0.717) is 6.42 Å². The van der Waals surface area contributed by atoms with Crippen LogP contribution in [0.25, 0.3) is 11.0 Å². The largest absolute Gasteiger partial charge is 0.332 e. The molecule has 1 fully saturated rings. The van der Waals surface area contributed by atoms with Crippen molar-refractivity contribution in [2.45, 2.75) is 38.8 Å². The normalized spacial score (nSPS) is 17.5. The quantitative estimate of drug-likeness (QED) is 0.735. The molecule has 1 aliphatic rings. The summed E-state index contributed by atoms with van der Waals surface area (Å²) in [6, 6.07) is 8.27. The summed E-state index contributed by atoms with van der Waals surface area (Å²) in [7, 11) is 1.87. The average molecular weight is 337 g/mol. The second kappa shape index (κ2) is 6.35. The zero-order valence-electron chi connectivity index (χ0n) is 14.7. The average Bonchev–Trinajstić information content (AvgIpc) is 3.31. The third-order valence-electron chi connectivity index (χ3n) is 4.99. The van der Waals surface area contributed by atoms with Crippen molar-refractivity contribution in [3.05, 3.63) is 48.0 Å². The topological polar surface area (TPSA) is 56.0 Å². The number of para-hydroxylation sites is 2. The van der Waals surface area contributed by atoms with Gasteiger partial charge in [-0.2, -0.15) is 5.10 Å². The van der Waals surface area contributed by atoms with Gasteiger partial charge in [-0.1, -0.05) is 12.1 Å². The van der Waals surface area contributed by atoms with Crippen LogP contribution in [0.4, 0.5) is 0 Å². The second-order valence-electron chi connectivity index (χ2n) is 6.65. The zero-order valence-corrected chi connectivity index (χ0v) is 14.7. The van der Waals surface area contributed by atoms with Crippen molar-refractivity contribution in [3.63, 3.8) is 0 Å². The number of carbonyl (C=O) groups excluding carboxylic acids is 1. The van der Waals surface area contributed by atoms with Crippen molar-refractivity contribution in [1.82, 2.24) is 24.2 Å². The zero-order chi connectivity index (χ0) is 17.4. The Morgan fingerprint density at radius 2 is 2.16 bits per heavy atom. The van der Waals surface area contributed by atoms with E-state index in [0.717, 1.165) is 48.4 Å². The smallest absolute Gasteiger partial charge is 0.227 e. The lowest BCUT2D eigenvalue weighted by Gasteiger charge is -2.25. The van der Waals surface area contributed by atoms with E-state index in [4.69, 9.17) is 4.98 Å². The molecule has 25 heavy (non-hydrogen) atoms. The number of imidazole rings is 1. The van der Waals surface area contributed by atoms with Gasteiger partial charge in [0.1, 0.15) is 5.82 Å². The number of amides is 1. The van der Waals surface area contributed by atoms with Crippen molar-refractivity contribution in [1.29, 1.82) is 0 Å². The first-order chi connectivity index (χ1) is 12.2. The minimum atomic E-state index is 0.0662. The molecule has 3 aromatic rings. The number of rotatable bonds is 4.